The van der Waals surface area contributed by atoms with Crippen LogP contribution in [-0.2, 0) is 5.41 Å². The first kappa shape index (κ1) is 10.3. The number of aromatic nitrogens is 1. The highest BCUT2D eigenvalue weighted by atomic mass is 16.5. The fourth-order valence-corrected chi connectivity index (χ4v) is 1.48. The van der Waals surface area contributed by atoms with Crippen LogP contribution < -0.4 is 10.5 Å². The van der Waals surface area contributed by atoms with Crippen molar-refractivity contribution in [2.45, 2.75) is 45.1 Å². The summed E-state index contributed by atoms with van der Waals surface area (Å²) >= 11 is 0. The van der Waals surface area contributed by atoms with E-state index in [4.69, 9.17) is 10.5 Å². The Hall–Kier alpha value is -1.25. The molecular formula is C12H18N2O. The van der Waals surface area contributed by atoms with E-state index in [9.17, 15) is 0 Å². The highest BCUT2D eigenvalue weighted by Gasteiger charge is 2.28. The summed E-state index contributed by atoms with van der Waals surface area (Å²) in [6, 6.07) is 1.88. The highest BCUT2D eigenvalue weighted by molar-refractivity contribution is 5.46. The van der Waals surface area contributed by atoms with E-state index in [-0.39, 0.29) is 5.41 Å². The lowest BCUT2D eigenvalue weighted by Crippen LogP contribution is -2.16. The van der Waals surface area contributed by atoms with Gasteiger partial charge in [-0.2, -0.15) is 0 Å². The molecule has 0 bridgehead atoms. The molecular weight excluding hydrogens is 188 g/mol. The fraction of sp³-hybridized carbons (Fsp3) is 0.583. The van der Waals surface area contributed by atoms with Crippen LogP contribution in [0.3, 0.4) is 0 Å². The van der Waals surface area contributed by atoms with Crippen molar-refractivity contribution in [1.29, 1.82) is 0 Å². The predicted octanol–water partition coefficient (Wildman–Crippen LogP) is 2.50. The molecule has 1 fully saturated rings. The third kappa shape index (κ3) is 2.41. The van der Waals surface area contributed by atoms with Gasteiger partial charge in [0.05, 0.1) is 23.7 Å². The summed E-state index contributed by atoms with van der Waals surface area (Å²) in [6.07, 6.45) is 4.38. The number of rotatable bonds is 2. The van der Waals surface area contributed by atoms with Crippen LogP contribution in [0, 0.1) is 0 Å². The first-order valence-corrected chi connectivity index (χ1v) is 5.39. The minimum atomic E-state index is -0.00206. The molecule has 1 aromatic heterocycles. The lowest BCUT2D eigenvalue weighted by molar-refractivity contribution is 0.292. The largest absolute Gasteiger partial charge is 0.488 e. The van der Waals surface area contributed by atoms with Gasteiger partial charge in [-0.25, -0.2) is 0 Å². The van der Waals surface area contributed by atoms with E-state index in [1.54, 1.807) is 6.20 Å². The van der Waals surface area contributed by atoms with Gasteiger partial charge < -0.3 is 10.5 Å². The Bertz CT molecular complexity index is 364. The molecule has 0 unspecified atom stereocenters. The van der Waals surface area contributed by atoms with Gasteiger partial charge in [-0.3, -0.25) is 4.98 Å². The summed E-state index contributed by atoms with van der Waals surface area (Å²) in [6.45, 7) is 6.39. The van der Waals surface area contributed by atoms with E-state index < -0.39 is 0 Å². The third-order valence-corrected chi connectivity index (χ3v) is 2.40. The molecule has 0 aromatic carbocycles. The molecule has 0 aliphatic heterocycles. The monoisotopic (exact) mass is 206 g/mol. The van der Waals surface area contributed by atoms with E-state index in [1.165, 1.54) is 0 Å². The second kappa shape index (κ2) is 3.40. The molecule has 0 saturated heterocycles. The summed E-state index contributed by atoms with van der Waals surface area (Å²) in [5.74, 6) is 0.852. The number of hydrogen-bond acceptors (Lipinski definition) is 3. The number of nitrogens with zero attached hydrogens (tertiary/aromatic N) is 1. The van der Waals surface area contributed by atoms with E-state index >= 15 is 0 Å². The molecule has 0 atom stereocenters. The predicted molar refractivity (Wildman–Crippen MR) is 61.0 cm³/mol. The quantitative estimate of drug-likeness (QED) is 0.808. The zero-order valence-corrected chi connectivity index (χ0v) is 9.58. The molecule has 3 nitrogen and oxygen atoms in total. The van der Waals surface area contributed by atoms with Crippen LogP contribution in [0.4, 0.5) is 5.69 Å². The summed E-state index contributed by atoms with van der Waals surface area (Å²) in [5, 5.41) is 0. The van der Waals surface area contributed by atoms with Crippen molar-refractivity contribution in [2.24, 2.45) is 0 Å². The average Bonchev–Trinajstić information content (AvgIpc) is 2.85. The standard InChI is InChI=1S/C12H18N2O/c1-12(2,3)11-10(15-9-4-5-9)6-8(13)7-14-11/h6-7,9H,4-5,13H2,1-3H3. The Labute approximate surface area is 90.7 Å². The van der Waals surface area contributed by atoms with Gasteiger partial charge in [-0.1, -0.05) is 20.8 Å². The van der Waals surface area contributed by atoms with Gasteiger partial charge in [0.1, 0.15) is 5.75 Å². The minimum Gasteiger partial charge on any atom is -0.488 e. The average molecular weight is 206 g/mol. The van der Waals surface area contributed by atoms with Crippen LogP contribution in [0.2, 0.25) is 0 Å². The van der Waals surface area contributed by atoms with Gasteiger partial charge in [0.15, 0.2) is 0 Å². The number of pyridine rings is 1. The molecule has 15 heavy (non-hydrogen) atoms. The minimum absolute atomic E-state index is 0.00206. The third-order valence-electron chi connectivity index (χ3n) is 2.40. The second-order valence-electron chi connectivity index (χ2n) is 5.18. The zero-order valence-electron chi connectivity index (χ0n) is 9.58. The number of nitrogen functional groups attached to an aromatic ring is 1. The van der Waals surface area contributed by atoms with E-state index in [2.05, 4.69) is 25.8 Å². The van der Waals surface area contributed by atoms with Crippen LogP contribution in [0.5, 0.6) is 5.75 Å². The molecule has 2 N–H and O–H groups in total. The number of anilines is 1. The van der Waals surface area contributed by atoms with Gasteiger partial charge in [0, 0.05) is 11.5 Å². The van der Waals surface area contributed by atoms with Gasteiger partial charge in [0.2, 0.25) is 0 Å². The molecule has 1 aromatic rings. The van der Waals surface area contributed by atoms with Crippen molar-refractivity contribution in [1.82, 2.24) is 4.98 Å². The maximum absolute atomic E-state index is 5.82. The summed E-state index contributed by atoms with van der Waals surface area (Å²) in [7, 11) is 0. The van der Waals surface area contributed by atoms with Crippen molar-refractivity contribution in [2.75, 3.05) is 5.73 Å². The fourth-order valence-electron chi connectivity index (χ4n) is 1.48. The normalized spacial score (nSPS) is 16.5. The molecule has 0 amide bonds. The lowest BCUT2D eigenvalue weighted by Gasteiger charge is -2.21. The van der Waals surface area contributed by atoms with Crippen molar-refractivity contribution in [3.63, 3.8) is 0 Å². The molecule has 1 aliphatic carbocycles. The summed E-state index contributed by atoms with van der Waals surface area (Å²) in [5.41, 5.74) is 7.38. The number of nitrogens with two attached hydrogens (primary N) is 1. The Kier molecular flexibility index (Phi) is 2.33. The molecule has 0 radical (unpaired) electrons. The Morgan fingerprint density at radius 3 is 2.60 bits per heavy atom. The van der Waals surface area contributed by atoms with Crippen molar-refractivity contribution in [3.8, 4) is 5.75 Å². The van der Waals surface area contributed by atoms with Crippen molar-refractivity contribution < 1.29 is 4.74 Å². The number of ether oxygens (including phenoxy) is 1. The van der Waals surface area contributed by atoms with Crippen LogP contribution in [0.1, 0.15) is 39.3 Å². The zero-order chi connectivity index (χ0) is 11.1. The lowest BCUT2D eigenvalue weighted by atomic mass is 9.91. The molecule has 0 spiro atoms. The molecule has 3 heteroatoms. The molecule has 1 aliphatic rings. The smallest absolute Gasteiger partial charge is 0.143 e. The van der Waals surface area contributed by atoms with Crippen LogP contribution in [0.25, 0.3) is 0 Å². The Morgan fingerprint density at radius 1 is 1.40 bits per heavy atom. The molecule has 1 saturated carbocycles. The Morgan fingerprint density at radius 2 is 2.07 bits per heavy atom. The molecule has 1 heterocycles. The topological polar surface area (TPSA) is 48.1 Å². The van der Waals surface area contributed by atoms with E-state index in [0.717, 1.165) is 24.3 Å². The van der Waals surface area contributed by atoms with Gasteiger partial charge in [0.25, 0.3) is 0 Å². The SMILES string of the molecule is CC(C)(C)c1ncc(N)cc1OC1CC1. The first-order valence-electron chi connectivity index (χ1n) is 5.39. The summed E-state index contributed by atoms with van der Waals surface area (Å²) in [4.78, 5) is 4.38. The van der Waals surface area contributed by atoms with E-state index in [1.807, 2.05) is 6.07 Å². The molecule has 82 valence electrons. The highest BCUT2D eigenvalue weighted by Crippen LogP contribution is 2.34. The van der Waals surface area contributed by atoms with Crippen molar-refractivity contribution >= 4 is 5.69 Å². The van der Waals surface area contributed by atoms with Crippen LogP contribution in [-0.4, -0.2) is 11.1 Å². The maximum atomic E-state index is 5.82. The van der Waals surface area contributed by atoms with Gasteiger partial charge >= 0.3 is 0 Å². The van der Waals surface area contributed by atoms with Crippen LogP contribution >= 0.6 is 0 Å². The second-order valence-corrected chi connectivity index (χ2v) is 5.18. The van der Waals surface area contributed by atoms with Gasteiger partial charge in [-0.15, -0.1) is 0 Å². The van der Waals surface area contributed by atoms with Gasteiger partial charge in [-0.05, 0) is 12.8 Å². The first-order chi connectivity index (χ1) is 6.97. The Balaban J connectivity index is 2.34. The maximum Gasteiger partial charge on any atom is 0.143 e. The van der Waals surface area contributed by atoms with Crippen LogP contribution in [0.15, 0.2) is 12.3 Å². The number of hydrogen-bond donors (Lipinski definition) is 1. The molecule has 2 rings (SSSR count). The van der Waals surface area contributed by atoms with E-state index in [0.29, 0.717) is 11.8 Å². The summed E-state index contributed by atoms with van der Waals surface area (Å²) < 4.78 is 5.82. The van der Waals surface area contributed by atoms with Crippen molar-refractivity contribution in [3.05, 3.63) is 18.0 Å².